The van der Waals surface area contributed by atoms with E-state index in [-0.39, 0.29) is 17.0 Å². The second kappa shape index (κ2) is 7.19. The molecular weight excluding hydrogens is 370 g/mol. The Kier molecular flexibility index (Phi) is 4.57. The van der Waals surface area contributed by atoms with Crippen LogP contribution in [0.15, 0.2) is 67.0 Å². The number of rotatable bonds is 3. The molecule has 3 nitrogen and oxygen atoms in total. The molecule has 4 rings (SSSR count). The first-order valence-electron chi connectivity index (χ1n) is 8.21. The second-order valence-corrected chi connectivity index (χ2v) is 6.01. The Morgan fingerprint density at radius 2 is 1.36 bits per heavy atom. The Balaban J connectivity index is 1.78. The predicted molar refractivity (Wildman–Crippen MR) is 96.0 cm³/mol. The molecule has 0 saturated carbocycles. The van der Waals surface area contributed by atoms with Crippen molar-refractivity contribution < 1.29 is 17.6 Å². The standard InChI is InChI=1S/C21H11F4N3/c22-15-4-1-12(2-5-15)17-7-13(3-6-18(17)24)14-8-20(28-27-10-14)21-19(25)9-16(23)11-26-21/h1-11H. The number of aromatic nitrogens is 3. The minimum atomic E-state index is -0.863. The van der Waals surface area contributed by atoms with E-state index in [1.807, 2.05) is 0 Å². The first-order valence-corrected chi connectivity index (χ1v) is 8.21. The summed E-state index contributed by atoms with van der Waals surface area (Å²) in [6, 6.07) is 12.1. The second-order valence-electron chi connectivity index (χ2n) is 6.01. The average molecular weight is 381 g/mol. The summed E-state index contributed by atoms with van der Waals surface area (Å²) in [5, 5.41) is 7.69. The minimum absolute atomic E-state index is 0.114. The van der Waals surface area contributed by atoms with Crippen molar-refractivity contribution in [2.24, 2.45) is 0 Å². The SMILES string of the molecule is Fc1ccc(-c2cc(-c3cnnc(-c4ncc(F)cc4F)c3)ccc2F)cc1. The highest BCUT2D eigenvalue weighted by Crippen LogP contribution is 2.30. The highest BCUT2D eigenvalue weighted by atomic mass is 19.1. The number of nitrogens with zero attached hydrogens (tertiary/aromatic N) is 3. The Morgan fingerprint density at radius 3 is 2.11 bits per heavy atom. The summed E-state index contributed by atoms with van der Waals surface area (Å²) in [5.74, 6) is -2.55. The molecule has 28 heavy (non-hydrogen) atoms. The number of halogens is 4. The van der Waals surface area contributed by atoms with Crippen LogP contribution in [0.2, 0.25) is 0 Å². The van der Waals surface area contributed by atoms with E-state index in [9.17, 15) is 17.6 Å². The van der Waals surface area contributed by atoms with Gasteiger partial charge in [0.1, 0.15) is 28.8 Å². The monoisotopic (exact) mass is 381 g/mol. The lowest BCUT2D eigenvalue weighted by molar-refractivity contribution is 0.575. The third-order valence-electron chi connectivity index (χ3n) is 4.16. The molecule has 0 aliphatic heterocycles. The van der Waals surface area contributed by atoms with Crippen LogP contribution in [-0.2, 0) is 0 Å². The molecule has 0 atom stereocenters. The molecule has 138 valence electrons. The van der Waals surface area contributed by atoms with Crippen molar-refractivity contribution in [3.8, 4) is 33.6 Å². The van der Waals surface area contributed by atoms with Gasteiger partial charge in [-0.3, -0.25) is 0 Å². The Morgan fingerprint density at radius 1 is 0.607 bits per heavy atom. The Bertz CT molecular complexity index is 1160. The molecule has 0 aliphatic rings. The minimum Gasteiger partial charge on any atom is -0.248 e. The van der Waals surface area contributed by atoms with Gasteiger partial charge in [0.05, 0.1) is 12.4 Å². The van der Waals surface area contributed by atoms with Crippen LogP contribution in [0.5, 0.6) is 0 Å². The lowest BCUT2D eigenvalue weighted by Crippen LogP contribution is -1.96. The van der Waals surface area contributed by atoms with Crippen LogP contribution in [0.3, 0.4) is 0 Å². The molecule has 0 saturated heterocycles. The molecule has 0 radical (unpaired) electrons. The van der Waals surface area contributed by atoms with Gasteiger partial charge in [0.25, 0.3) is 0 Å². The van der Waals surface area contributed by atoms with E-state index in [1.54, 1.807) is 6.07 Å². The van der Waals surface area contributed by atoms with E-state index in [0.717, 1.165) is 6.20 Å². The lowest BCUT2D eigenvalue weighted by Gasteiger charge is -2.08. The lowest BCUT2D eigenvalue weighted by atomic mass is 9.99. The van der Waals surface area contributed by atoms with Gasteiger partial charge in [-0.05, 0) is 41.5 Å². The van der Waals surface area contributed by atoms with Crippen molar-refractivity contribution >= 4 is 0 Å². The molecule has 0 amide bonds. The maximum absolute atomic E-state index is 14.3. The highest BCUT2D eigenvalue weighted by molar-refractivity contribution is 5.75. The number of hydrogen-bond donors (Lipinski definition) is 0. The maximum Gasteiger partial charge on any atom is 0.154 e. The van der Waals surface area contributed by atoms with Crippen molar-refractivity contribution in [1.29, 1.82) is 0 Å². The van der Waals surface area contributed by atoms with E-state index < -0.39 is 23.3 Å². The summed E-state index contributed by atoms with van der Waals surface area (Å²) in [6.07, 6.45) is 2.32. The van der Waals surface area contributed by atoms with Gasteiger partial charge >= 0.3 is 0 Å². The van der Waals surface area contributed by atoms with Crippen molar-refractivity contribution in [2.75, 3.05) is 0 Å². The zero-order valence-corrected chi connectivity index (χ0v) is 14.2. The maximum atomic E-state index is 14.3. The number of hydrogen-bond acceptors (Lipinski definition) is 3. The van der Waals surface area contributed by atoms with E-state index in [4.69, 9.17) is 0 Å². The van der Waals surface area contributed by atoms with Gasteiger partial charge in [-0.15, -0.1) is 5.10 Å². The van der Waals surface area contributed by atoms with E-state index in [1.165, 1.54) is 48.7 Å². The smallest absolute Gasteiger partial charge is 0.154 e. The molecule has 0 spiro atoms. The van der Waals surface area contributed by atoms with Crippen molar-refractivity contribution in [3.63, 3.8) is 0 Å². The van der Waals surface area contributed by atoms with Gasteiger partial charge < -0.3 is 0 Å². The van der Waals surface area contributed by atoms with Crippen LogP contribution in [0.4, 0.5) is 17.6 Å². The van der Waals surface area contributed by atoms with Crippen LogP contribution in [-0.4, -0.2) is 15.2 Å². The van der Waals surface area contributed by atoms with Gasteiger partial charge in [0.2, 0.25) is 0 Å². The zero-order chi connectivity index (χ0) is 19.7. The molecule has 0 aliphatic carbocycles. The van der Waals surface area contributed by atoms with Gasteiger partial charge in [-0.25, -0.2) is 22.5 Å². The van der Waals surface area contributed by atoms with E-state index >= 15 is 0 Å². The largest absolute Gasteiger partial charge is 0.248 e. The summed E-state index contributed by atoms with van der Waals surface area (Å²) >= 11 is 0. The van der Waals surface area contributed by atoms with Crippen molar-refractivity contribution in [1.82, 2.24) is 15.2 Å². The molecule has 2 heterocycles. The third-order valence-corrected chi connectivity index (χ3v) is 4.16. The molecule has 0 unspecified atom stereocenters. The fraction of sp³-hybridized carbons (Fsp3) is 0. The summed E-state index contributed by atoms with van der Waals surface area (Å²) in [4.78, 5) is 3.72. The molecule has 0 bridgehead atoms. The van der Waals surface area contributed by atoms with Crippen LogP contribution in [0, 0.1) is 23.3 Å². The van der Waals surface area contributed by atoms with Crippen LogP contribution >= 0.6 is 0 Å². The van der Waals surface area contributed by atoms with E-state index in [0.29, 0.717) is 22.8 Å². The Hall–Kier alpha value is -3.61. The van der Waals surface area contributed by atoms with Crippen LogP contribution < -0.4 is 0 Å². The number of pyridine rings is 1. The summed E-state index contributed by atoms with van der Waals surface area (Å²) in [6.45, 7) is 0. The fourth-order valence-electron chi connectivity index (χ4n) is 2.80. The molecule has 2 aromatic carbocycles. The summed E-state index contributed by atoms with van der Waals surface area (Å²) < 4.78 is 54.5. The number of benzene rings is 2. The molecule has 2 aromatic heterocycles. The van der Waals surface area contributed by atoms with E-state index in [2.05, 4.69) is 15.2 Å². The van der Waals surface area contributed by atoms with Crippen LogP contribution in [0.1, 0.15) is 0 Å². The summed E-state index contributed by atoms with van der Waals surface area (Å²) in [7, 11) is 0. The molecule has 4 aromatic rings. The average Bonchev–Trinajstić information content (AvgIpc) is 2.69. The molecule has 0 N–H and O–H groups in total. The van der Waals surface area contributed by atoms with Crippen molar-refractivity contribution in [2.45, 2.75) is 0 Å². The highest BCUT2D eigenvalue weighted by Gasteiger charge is 2.13. The first-order chi connectivity index (χ1) is 13.5. The van der Waals surface area contributed by atoms with Gasteiger partial charge in [-0.1, -0.05) is 18.2 Å². The quantitative estimate of drug-likeness (QED) is 0.444. The Labute approximate surface area is 157 Å². The molecule has 0 fully saturated rings. The fourth-order valence-corrected chi connectivity index (χ4v) is 2.80. The molecular formula is C21H11F4N3. The summed E-state index contributed by atoms with van der Waals surface area (Å²) in [5.41, 5.74) is 1.90. The zero-order valence-electron chi connectivity index (χ0n) is 14.2. The van der Waals surface area contributed by atoms with Gasteiger partial charge in [0.15, 0.2) is 5.82 Å². The molecule has 7 heteroatoms. The topological polar surface area (TPSA) is 38.7 Å². The normalized spacial score (nSPS) is 10.9. The van der Waals surface area contributed by atoms with Crippen LogP contribution in [0.25, 0.3) is 33.6 Å². The first kappa shape index (κ1) is 17.8. The van der Waals surface area contributed by atoms with Gasteiger partial charge in [0, 0.05) is 17.2 Å². The van der Waals surface area contributed by atoms with Gasteiger partial charge in [-0.2, -0.15) is 5.10 Å². The van der Waals surface area contributed by atoms with Crippen molar-refractivity contribution in [3.05, 3.63) is 90.3 Å². The third kappa shape index (κ3) is 3.46. The predicted octanol–water partition coefficient (Wildman–Crippen LogP) is 5.43.